The van der Waals surface area contributed by atoms with Gasteiger partial charge in [-0.25, -0.2) is 4.79 Å². The van der Waals surface area contributed by atoms with E-state index in [0.29, 0.717) is 17.3 Å². The first-order valence-electron chi connectivity index (χ1n) is 6.40. The summed E-state index contributed by atoms with van der Waals surface area (Å²) in [6.45, 7) is 2.20. The van der Waals surface area contributed by atoms with Gasteiger partial charge in [-0.15, -0.1) is 0 Å². The zero-order valence-electron chi connectivity index (χ0n) is 10.9. The number of benzene rings is 1. The monoisotopic (exact) mass is 248 g/mol. The summed E-state index contributed by atoms with van der Waals surface area (Å²) in [6.07, 6.45) is 3.64. The number of anilines is 2. The number of nitrogens with one attached hydrogen (secondary N) is 1. The van der Waals surface area contributed by atoms with Gasteiger partial charge in [0.2, 0.25) is 0 Å². The van der Waals surface area contributed by atoms with Gasteiger partial charge in [0.15, 0.2) is 0 Å². The van der Waals surface area contributed by atoms with Gasteiger partial charge in [-0.05, 0) is 30.9 Å². The number of rotatable bonds is 5. The topological polar surface area (TPSA) is 64.3 Å². The summed E-state index contributed by atoms with van der Waals surface area (Å²) in [4.78, 5) is 11.5. The molecule has 3 N–H and O–H groups in total. The largest absolute Gasteiger partial charge is 0.465 e. The van der Waals surface area contributed by atoms with Crippen molar-refractivity contribution in [3.63, 3.8) is 0 Å². The van der Waals surface area contributed by atoms with Crippen LogP contribution >= 0.6 is 0 Å². The minimum absolute atomic E-state index is 0.392. The van der Waals surface area contributed by atoms with Crippen LogP contribution in [0.4, 0.5) is 11.4 Å². The SMILES string of the molecule is CCCC1CC1Nc1cccc(C(=O)OC)c1N. The summed E-state index contributed by atoms with van der Waals surface area (Å²) in [5.41, 5.74) is 7.73. The molecule has 1 aliphatic rings. The van der Waals surface area contributed by atoms with Crippen molar-refractivity contribution < 1.29 is 9.53 Å². The minimum Gasteiger partial charge on any atom is -0.465 e. The quantitative estimate of drug-likeness (QED) is 0.621. The maximum Gasteiger partial charge on any atom is 0.340 e. The average Bonchev–Trinajstić information content (AvgIpc) is 3.10. The highest BCUT2D eigenvalue weighted by Crippen LogP contribution is 2.38. The highest BCUT2D eigenvalue weighted by atomic mass is 16.5. The van der Waals surface area contributed by atoms with E-state index in [2.05, 4.69) is 12.2 Å². The molecule has 4 nitrogen and oxygen atoms in total. The number of hydrogen-bond acceptors (Lipinski definition) is 4. The van der Waals surface area contributed by atoms with Gasteiger partial charge < -0.3 is 15.8 Å². The van der Waals surface area contributed by atoms with Crippen molar-refractivity contribution >= 4 is 17.3 Å². The average molecular weight is 248 g/mol. The Morgan fingerprint density at radius 1 is 1.56 bits per heavy atom. The molecule has 2 unspecified atom stereocenters. The molecule has 2 rings (SSSR count). The number of nitrogen functional groups attached to an aromatic ring is 1. The number of para-hydroxylation sites is 1. The molecule has 1 aromatic carbocycles. The molecule has 0 spiro atoms. The Morgan fingerprint density at radius 2 is 2.33 bits per heavy atom. The van der Waals surface area contributed by atoms with Crippen LogP contribution in [0.25, 0.3) is 0 Å². The fourth-order valence-electron chi connectivity index (χ4n) is 2.29. The molecule has 0 heterocycles. The molecule has 18 heavy (non-hydrogen) atoms. The Morgan fingerprint density at radius 3 is 3.00 bits per heavy atom. The van der Waals surface area contributed by atoms with Gasteiger partial charge in [-0.3, -0.25) is 0 Å². The molecule has 1 fully saturated rings. The van der Waals surface area contributed by atoms with E-state index >= 15 is 0 Å². The van der Waals surface area contributed by atoms with Gasteiger partial charge in [0.1, 0.15) is 0 Å². The van der Waals surface area contributed by atoms with Gasteiger partial charge >= 0.3 is 5.97 Å². The van der Waals surface area contributed by atoms with Crippen LogP contribution < -0.4 is 11.1 Å². The zero-order valence-corrected chi connectivity index (χ0v) is 10.9. The first-order valence-corrected chi connectivity index (χ1v) is 6.40. The predicted octanol–water partition coefficient (Wildman–Crippen LogP) is 2.66. The molecule has 0 aliphatic heterocycles. The second-order valence-corrected chi connectivity index (χ2v) is 4.79. The molecule has 1 aliphatic carbocycles. The lowest BCUT2D eigenvalue weighted by Crippen LogP contribution is -2.11. The van der Waals surface area contributed by atoms with Crippen molar-refractivity contribution in [2.45, 2.75) is 32.2 Å². The van der Waals surface area contributed by atoms with Crippen molar-refractivity contribution in [1.29, 1.82) is 0 Å². The lowest BCUT2D eigenvalue weighted by molar-refractivity contribution is 0.0602. The number of methoxy groups -OCH3 is 1. The Bertz CT molecular complexity index is 445. The number of ether oxygens (including phenoxy) is 1. The summed E-state index contributed by atoms with van der Waals surface area (Å²) in [7, 11) is 1.36. The van der Waals surface area contributed by atoms with E-state index in [9.17, 15) is 4.79 Å². The normalized spacial score (nSPS) is 21.4. The van der Waals surface area contributed by atoms with E-state index in [0.717, 1.165) is 11.6 Å². The molecule has 4 heteroatoms. The van der Waals surface area contributed by atoms with E-state index in [1.807, 2.05) is 12.1 Å². The van der Waals surface area contributed by atoms with Gasteiger partial charge in [-0.2, -0.15) is 0 Å². The molecule has 98 valence electrons. The molecular formula is C14H20N2O2. The zero-order chi connectivity index (χ0) is 13.1. The van der Waals surface area contributed by atoms with Crippen LogP contribution in [0.5, 0.6) is 0 Å². The van der Waals surface area contributed by atoms with Crippen LogP contribution in [-0.2, 0) is 4.74 Å². The summed E-state index contributed by atoms with van der Waals surface area (Å²) in [5.74, 6) is 0.355. The second-order valence-electron chi connectivity index (χ2n) is 4.79. The molecule has 2 atom stereocenters. The van der Waals surface area contributed by atoms with E-state index < -0.39 is 5.97 Å². The fraction of sp³-hybridized carbons (Fsp3) is 0.500. The first-order chi connectivity index (χ1) is 8.67. The van der Waals surface area contributed by atoms with E-state index in [-0.39, 0.29) is 0 Å². The predicted molar refractivity (Wildman–Crippen MR) is 72.6 cm³/mol. The van der Waals surface area contributed by atoms with Crippen LogP contribution in [0.15, 0.2) is 18.2 Å². The summed E-state index contributed by atoms with van der Waals surface area (Å²) in [6, 6.07) is 5.91. The standard InChI is InChI=1S/C14H20N2O2/c1-3-5-9-8-12(9)16-11-7-4-6-10(13(11)15)14(17)18-2/h4,6-7,9,12,16H,3,5,8,15H2,1-2H3. The number of nitrogens with two attached hydrogens (primary N) is 1. The molecule has 1 saturated carbocycles. The van der Waals surface area contributed by atoms with Gasteiger partial charge in [-0.1, -0.05) is 19.4 Å². The summed E-state index contributed by atoms with van der Waals surface area (Å²) < 4.78 is 4.71. The lowest BCUT2D eigenvalue weighted by atomic mass is 10.1. The molecule has 0 bridgehead atoms. The van der Waals surface area contributed by atoms with Crippen LogP contribution in [-0.4, -0.2) is 19.1 Å². The van der Waals surface area contributed by atoms with Crippen molar-refractivity contribution in [2.75, 3.05) is 18.2 Å². The fourth-order valence-corrected chi connectivity index (χ4v) is 2.29. The second kappa shape index (κ2) is 5.29. The van der Waals surface area contributed by atoms with Gasteiger partial charge in [0, 0.05) is 6.04 Å². The van der Waals surface area contributed by atoms with Gasteiger partial charge in [0.05, 0.1) is 24.0 Å². The van der Waals surface area contributed by atoms with E-state index in [1.165, 1.54) is 26.4 Å². The Labute approximate surface area is 108 Å². The highest BCUT2D eigenvalue weighted by Gasteiger charge is 2.36. The number of carbonyl (C=O) groups excluding carboxylic acids is 1. The molecule has 0 amide bonds. The maximum absolute atomic E-state index is 11.5. The highest BCUT2D eigenvalue weighted by molar-refractivity contribution is 5.98. The molecular weight excluding hydrogens is 228 g/mol. The minimum atomic E-state index is -0.392. The first kappa shape index (κ1) is 12.7. The lowest BCUT2D eigenvalue weighted by Gasteiger charge is -2.11. The third-order valence-corrected chi connectivity index (χ3v) is 3.43. The van der Waals surface area contributed by atoms with Crippen molar-refractivity contribution in [3.05, 3.63) is 23.8 Å². The number of esters is 1. The third-order valence-electron chi connectivity index (χ3n) is 3.43. The van der Waals surface area contributed by atoms with Gasteiger partial charge in [0.25, 0.3) is 0 Å². The van der Waals surface area contributed by atoms with Crippen LogP contribution in [0, 0.1) is 5.92 Å². The Hall–Kier alpha value is -1.71. The van der Waals surface area contributed by atoms with Crippen LogP contribution in [0.3, 0.4) is 0 Å². The van der Waals surface area contributed by atoms with E-state index in [4.69, 9.17) is 10.5 Å². The summed E-state index contributed by atoms with van der Waals surface area (Å²) in [5, 5.41) is 3.41. The molecule has 1 aromatic rings. The Kier molecular flexibility index (Phi) is 3.75. The Balaban J connectivity index is 2.08. The van der Waals surface area contributed by atoms with E-state index in [1.54, 1.807) is 6.07 Å². The molecule has 0 radical (unpaired) electrons. The number of hydrogen-bond donors (Lipinski definition) is 2. The smallest absolute Gasteiger partial charge is 0.340 e. The molecule has 0 aromatic heterocycles. The van der Waals surface area contributed by atoms with Crippen molar-refractivity contribution in [2.24, 2.45) is 5.92 Å². The van der Waals surface area contributed by atoms with Crippen LogP contribution in [0.2, 0.25) is 0 Å². The molecule has 0 saturated heterocycles. The number of carbonyl (C=O) groups is 1. The maximum atomic E-state index is 11.5. The van der Waals surface area contributed by atoms with Crippen molar-refractivity contribution in [3.8, 4) is 0 Å². The summed E-state index contributed by atoms with van der Waals surface area (Å²) >= 11 is 0. The van der Waals surface area contributed by atoms with Crippen molar-refractivity contribution in [1.82, 2.24) is 0 Å². The third kappa shape index (κ3) is 2.58. The van der Waals surface area contributed by atoms with Crippen LogP contribution in [0.1, 0.15) is 36.5 Å².